The Morgan fingerprint density at radius 2 is 2.12 bits per heavy atom. The van der Waals surface area contributed by atoms with E-state index in [1.165, 1.54) is 5.56 Å². The number of carbonyl (C=O) groups excluding carboxylic acids is 1. The van der Waals surface area contributed by atoms with Crippen LogP contribution in [0, 0.1) is 0 Å². The maximum absolute atomic E-state index is 12.3. The molecule has 1 aromatic carbocycles. The third kappa shape index (κ3) is 4.45. The van der Waals surface area contributed by atoms with E-state index >= 15 is 0 Å². The molecule has 1 atom stereocenters. The number of amides is 1. The predicted molar refractivity (Wildman–Crippen MR) is 96.2 cm³/mol. The Balaban J connectivity index is 1.57. The van der Waals surface area contributed by atoms with Gasteiger partial charge in [-0.3, -0.25) is 4.79 Å². The summed E-state index contributed by atoms with van der Waals surface area (Å²) in [5.41, 5.74) is 2.21. The fourth-order valence-electron chi connectivity index (χ4n) is 3.02. The van der Waals surface area contributed by atoms with Gasteiger partial charge in [0, 0.05) is 44.1 Å². The summed E-state index contributed by atoms with van der Waals surface area (Å²) in [6.45, 7) is 8.80. The lowest BCUT2D eigenvalue weighted by Crippen LogP contribution is -2.51. The van der Waals surface area contributed by atoms with Gasteiger partial charge in [-0.25, -0.2) is 0 Å². The number of hydrogen-bond donors (Lipinski definition) is 1. The van der Waals surface area contributed by atoms with Gasteiger partial charge in [0.05, 0.1) is 0 Å². The van der Waals surface area contributed by atoms with Gasteiger partial charge in [-0.05, 0) is 18.4 Å². The highest BCUT2D eigenvalue weighted by Crippen LogP contribution is 2.20. The summed E-state index contributed by atoms with van der Waals surface area (Å²) in [5.74, 6) is 1.73. The van der Waals surface area contributed by atoms with Gasteiger partial charge in [0.2, 0.25) is 17.6 Å². The van der Waals surface area contributed by atoms with Crippen LogP contribution in [0.25, 0.3) is 11.4 Å². The first kappa shape index (κ1) is 17.6. The summed E-state index contributed by atoms with van der Waals surface area (Å²) < 4.78 is 5.31. The first-order chi connectivity index (χ1) is 12.0. The Labute approximate surface area is 148 Å². The number of piperazine rings is 1. The highest BCUT2D eigenvalue weighted by atomic mass is 16.5. The van der Waals surface area contributed by atoms with E-state index in [1.807, 2.05) is 17.0 Å². The maximum Gasteiger partial charge on any atom is 0.227 e. The van der Waals surface area contributed by atoms with E-state index in [-0.39, 0.29) is 5.91 Å². The van der Waals surface area contributed by atoms with E-state index in [1.54, 1.807) is 0 Å². The van der Waals surface area contributed by atoms with E-state index in [2.05, 4.69) is 48.4 Å². The molecule has 1 fully saturated rings. The second kappa shape index (κ2) is 7.78. The Bertz CT molecular complexity index is 708. The quantitative estimate of drug-likeness (QED) is 0.904. The third-order valence-electron chi connectivity index (χ3n) is 4.58. The SMILES string of the molecule is CC1CN(C(=O)CCc2nc(-c3ccc(C(C)C)cc3)no2)CCN1. The van der Waals surface area contributed by atoms with E-state index < -0.39 is 0 Å². The van der Waals surface area contributed by atoms with Gasteiger partial charge in [0.1, 0.15) is 0 Å². The second-order valence-electron chi connectivity index (χ2n) is 6.98. The highest BCUT2D eigenvalue weighted by molar-refractivity contribution is 5.76. The van der Waals surface area contributed by atoms with Crippen molar-refractivity contribution in [2.75, 3.05) is 19.6 Å². The maximum atomic E-state index is 12.3. The van der Waals surface area contributed by atoms with Gasteiger partial charge in [0.15, 0.2) is 0 Å². The molecule has 6 nitrogen and oxygen atoms in total. The number of carbonyl (C=O) groups is 1. The molecule has 0 aliphatic carbocycles. The molecule has 0 saturated carbocycles. The van der Waals surface area contributed by atoms with Crippen LogP contribution < -0.4 is 5.32 Å². The smallest absolute Gasteiger partial charge is 0.227 e. The van der Waals surface area contributed by atoms with Crippen molar-refractivity contribution in [1.29, 1.82) is 0 Å². The monoisotopic (exact) mass is 342 g/mol. The van der Waals surface area contributed by atoms with E-state index in [0.29, 0.717) is 36.5 Å². The molecule has 1 aliphatic rings. The lowest BCUT2D eigenvalue weighted by molar-refractivity contribution is -0.132. The van der Waals surface area contributed by atoms with Crippen LogP contribution in [0.1, 0.15) is 44.6 Å². The van der Waals surface area contributed by atoms with E-state index in [9.17, 15) is 4.79 Å². The lowest BCUT2D eigenvalue weighted by Gasteiger charge is -2.31. The van der Waals surface area contributed by atoms with Crippen LogP contribution in [-0.4, -0.2) is 46.6 Å². The van der Waals surface area contributed by atoms with Gasteiger partial charge in [-0.1, -0.05) is 43.3 Å². The molecule has 1 aromatic heterocycles. The number of rotatable bonds is 5. The summed E-state index contributed by atoms with van der Waals surface area (Å²) in [4.78, 5) is 18.6. The normalized spacial score (nSPS) is 17.9. The minimum Gasteiger partial charge on any atom is -0.340 e. The molecule has 1 unspecified atom stereocenters. The van der Waals surface area contributed by atoms with Crippen molar-refractivity contribution in [1.82, 2.24) is 20.4 Å². The average molecular weight is 342 g/mol. The van der Waals surface area contributed by atoms with Crippen LogP contribution in [0.15, 0.2) is 28.8 Å². The number of nitrogens with one attached hydrogen (secondary N) is 1. The van der Waals surface area contributed by atoms with Crippen molar-refractivity contribution >= 4 is 5.91 Å². The summed E-state index contributed by atoms with van der Waals surface area (Å²) in [6.07, 6.45) is 0.884. The number of benzene rings is 1. The molecule has 1 aliphatic heterocycles. The van der Waals surface area contributed by atoms with Crippen molar-refractivity contribution in [3.63, 3.8) is 0 Å². The molecule has 0 bridgehead atoms. The fourth-order valence-corrected chi connectivity index (χ4v) is 3.02. The van der Waals surface area contributed by atoms with Gasteiger partial charge in [0.25, 0.3) is 0 Å². The average Bonchev–Trinajstić information content (AvgIpc) is 3.08. The van der Waals surface area contributed by atoms with Crippen LogP contribution in [0.5, 0.6) is 0 Å². The Morgan fingerprint density at radius 1 is 1.36 bits per heavy atom. The Morgan fingerprint density at radius 3 is 2.80 bits per heavy atom. The highest BCUT2D eigenvalue weighted by Gasteiger charge is 2.21. The zero-order valence-corrected chi connectivity index (χ0v) is 15.2. The topological polar surface area (TPSA) is 71.3 Å². The van der Waals surface area contributed by atoms with Crippen LogP contribution in [0.2, 0.25) is 0 Å². The number of aryl methyl sites for hydroxylation is 1. The largest absolute Gasteiger partial charge is 0.340 e. The van der Waals surface area contributed by atoms with E-state index in [0.717, 1.165) is 25.2 Å². The molecule has 0 radical (unpaired) electrons. The minimum absolute atomic E-state index is 0.148. The molecule has 3 rings (SSSR count). The third-order valence-corrected chi connectivity index (χ3v) is 4.58. The van der Waals surface area contributed by atoms with Crippen molar-refractivity contribution in [3.05, 3.63) is 35.7 Å². The number of aromatic nitrogens is 2. The van der Waals surface area contributed by atoms with Crippen molar-refractivity contribution in [3.8, 4) is 11.4 Å². The standard InChI is InChI=1S/C19H26N4O2/c1-13(2)15-4-6-16(7-5-15)19-21-17(25-22-19)8-9-18(24)23-11-10-20-14(3)12-23/h4-7,13-14,20H,8-12H2,1-3H3. The summed E-state index contributed by atoms with van der Waals surface area (Å²) >= 11 is 0. The molecule has 1 amide bonds. The first-order valence-corrected chi connectivity index (χ1v) is 8.97. The first-order valence-electron chi connectivity index (χ1n) is 8.97. The van der Waals surface area contributed by atoms with E-state index in [4.69, 9.17) is 4.52 Å². The zero-order valence-electron chi connectivity index (χ0n) is 15.2. The van der Waals surface area contributed by atoms with Crippen molar-refractivity contribution < 1.29 is 9.32 Å². The van der Waals surface area contributed by atoms with Crippen LogP contribution in [0.3, 0.4) is 0 Å². The Kier molecular flexibility index (Phi) is 5.48. The molecule has 1 saturated heterocycles. The minimum atomic E-state index is 0.148. The molecule has 25 heavy (non-hydrogen) atoms. The molecule has 1 N–H and O–H groups in total. The molecule has 6 heteroatoms. The molecule has 2 heterocycles. The van der Waals surface area contributed by atoms with Gasteiger partial charge in [-0.15, -0.1) is 0 Å². The van der Waals surface area contributed by atoms with Gasteiger partial charge < -0.3 is 14.7 Å². The fraction of sp³-hybridized carbons (Fsp3) is 0.526. The van der Waals surface area contributed by atoms with Gasteiger partial charge >= 0.3 is 0 Å². The van der Waals surface area contributed by atoms with Gasteiger partial charge in [-0.2, -0.15) is 4.98 Å². The Hall–Kier alpha value is -2.21. The van der Waals surface area contributed by atoms with Crippen molar-refractivity contribution in [2.45, 2.75) is 45.6 Å². The van der Waals surface area contributed by atoms with Crippen LogP contribution in [0.4, 0.5) is 0 Å². The molecular formula is C19H26N4O2. The summed E-state index contributed by atoms with van der Waals surface area (Å²) in [7, 11) is 0. The number of nitrogens with zero attached hydrogens (tertiary/aromatic N) is 3. The summed E-state index contributed by atoms with van der Waals surface area (Å²) in [5, 5.41) is 7.38. The molecule has 0 spiro atoms. The molecule has 2 aromatic rings. The zero-order chi connectivity index (χ0) is 17.8. The van der Waals surface area contributed by atoms with Crippen molar-refractivity contribution in [2.24, 2.45) is 0 Å². The summed E-state index contributed by atoms with van der Waals surface area (Å²) in [6, 6.07) is 8.55. The molecule has 134 valence electrons. The molecular weight excluding hydrogens is 316 g/mol. The van der Waals surface area contributed by atoms with Crippen LogP contribution >= 0.6 is 0 Å². The van der Waals surface area contributed by atoms with Crippen LogP contribution in [-0.2, 0) is 11.2 Å². The second-order valence-corrected chi connectivity index (χ2v) is 6.98. The number of hydrogen-bond acceptors (Lipinski definition) is 5. The predicted octanol–water partition coefficient (Wildman–Crippen LogP) is 2.61. The lowest BCUT2D eigenvalue weighted by atomic mass is 10.0.